The van der Waals surface area contributed by atoms with E-state index < -0.39 is 10.0 Å². The van der Waals surface area contributed by atoms with Gasteiger partial charge in [-0.2, -0.15) is 5.10 Å². The summed E-state index contributed by atoms with van der Waals surface area (Å²) in [6, 6.07) is 4.20. The summed E-state index contributed by atoms with van der Waals surface area (Å²) in [5.74, 6) is -0.287. The van der Waals surface area contributed by atoms with Crippen LogP contribution in [0.2, 0.25) is 0 Å². The van der Waals surface area contributed by atoms with Crippen molar-refractivity contribution < 1.29 is 12.8 Å². The first-order chi connectivity index (χ1) is 9.95. The van der Waals surface area contributed by atoms with E-state index in [1.165, 1.54) is 29.2 Å². The third-order valence-electron chi connectivity index (χ3n) is 3.71. The minimum Gasteiger partial charge on any atom is -0.274 e. The van der Waals surface area contributed by atoms with Gasteiger partial charge in [0.2, 0.25) is 10.0 Å². The largest absolute Gasteiger partial charge is 0.274 e. The van der Waals surface area contributed by atoms with Gasteiger partial charge in [0.15, 0.2) is 0 Å². The lowest BCUT2D eigenvalue weighted by molar-refractivity contribution is 0.504. The van der Waals surface area contributed by atoms with Crippen molar-refractivity contribution in [1.29, 1.82) is 0 Å². The Kier molecular flexibility index (Phi) is 3.54. The van der Waals surface area contributed by atoms with Gasteiger partial charge in [0, 0.05) is 19.3 Å². The molecule has 112 valence electrons. The lowest BCUT2D eigenvalue weighted by Crippen LogP contribution is -2.31. The molecule has 0 fully saturated rings. The van der Waals surface area contributed by atoms with Gasteiger partial charge < -0.3 is 0 Å². The first-order valence-corrected chi connectivity index (χ1v) is 8.23. The van der Waals surface area contributed by atoms with Crippen molar-refractivity contribution in [3.63, 3.8) is 0 Å². The lowest BCUT2D eigenvalue weighted by Gasteiger charge is -2.26. The predicted molar refractivity (Wildman–Crippen MR) is 75.6 cm³/mol. The van der Waals surface area contributed by atoms with Crippen LogP contribution >= 0.6 is 0 Å². The summed E-state index contributed by atoms with van der Waals surface area (Å²) in [5.41, 5.74) is 1.73. The molecular formula is C14H16FN3O2S. The summed E-state index contributed by atoms with van der Waals surface area (Å²) in [6.07, 6.45) is 5.08. The van der Waals surface area contributed by atoms with Crippen molar-refractivity contribution in [2.45, 2.75) is 30.2 Å². The molecule has 0 bridgehead atoms. The Labute approximate surface area is 122 Å². The third kappa shape index (κ3) is 2.84. The first kappa shape index (κ1) is 14.2. The molecule has 0 saturated heterocycles. The van der Waals surface area contributed by atoms with Crippen LogP contribution in [0.5, 0.6) is 0 Å². The maximum atomic E-state index is 13.3. The Bertz CT molecular complexity index is 770. The number of nitrogens with zero attached hydrogens (tertiary/aromatic N) is 2. The van der Waals surface area contributed by atoms with E-state index in [1.54, 1.807) is 13.1 Å². The molecule has 0 saturated carbocycles. The molecular weight excluding hydrogens is 293 g/mol. The molecule has 1 unspecified atom stereocenters. The average Bonchev–Trinajstić information content (AvgIpc) is 2.86. The van der Waals surface area contributed by atoms with Gasteiger partial charge in [-0.1, -0.05) is 6.07 Å². The van der Waals surface area contributed by atoms with Crippen LogP contribution in [0.15, 0.2) is 35.5 Å². The van der Waals surface area contributed by atoms with Crippen molar-refractivity contribution in [2.24, 2.45) is 7.05 Å². The van der Waals surface area contributed by atoms with E-state index in [9.17, 15) is 12.8 Å². The Morgan fingerprint density at radius 2 is 2.24 bits per heavy atom. The van der Waals surface area contributed by atoms with E-state index in [0.29, 0.717) is 6.42 Å². The number of halogens is 1. The Hall–Kier alpha value is -1.73. The van der Waals surface area contributed by atoms with Crippen LogP contribution in [0.25, 0.3) is 0 Å². The monoisotopic (exact) mass is 309 g/mol. The number of fused-ring (bicyclic) bond motifs is 1. The van der Waals surface area contributed by atoms with Crippen LogP contribution in [0, 0.1) is 5.82 Å². The molecule has 1 N–H and O–H groups in total. The summed E-state index contributed by atoms with van der Waals surface area (Å²) >= 11 is 0. The fourth-order valence-corrected chi connectivity index (χ4v) is 3.93. The first-order valence-electron chi connectivity index (χ1n) is 6.75. The number of hydrogen-bond acceptors (Lipinski definition) is 3. The standard InChI is InChI=1S/C14H16FN3O2S/c1-18-9-12(8-16-18)21(19,20)17-14-4-2-3-10-7-11(15)5-6-13(10)14/h5-9,14,17H,2-4H2,1H3. The molecule has 7 heteroatoms. The summed E-state index contributed by atoms with van der Waals surface area (Å²) in [5, 5.41) is 3.88. The summed E-state index contributed by atoms with van der Waals surface area (Å²) in [7, 11) is -1.95. The molecule has 1 atom stereocenters. The second kappa shape index (κ2) is 5.23. The van der Waals surface area contributed by atoms with Gasteiger partial charge in [-0.05, 0) is 42.5 Å². The molecule has 21 heavy (non-hydrogen) atoms. The molecule has 3 rings (SSSR count). The SMILES string of the molecule is Cn1cc(S(=O)(=O)NC2CCCc3cc(F)ccc32)cn1. The lowest BCUT2D eigenvalue weighted by atomic mass is 9.88. The van der Waals surface area contributed by atoms with Crippen LogP contribution < -0.4 is 4.72 Å². The van der Waals surface area contributed by atoms with Gasteiger partial charge in [0.1, 0.15) is 10.7 Å². The molecule has 5 nitrogen and oxygen atoms in total. The van der Waals surface area contributed by atoms with Crippen molar-refractivity contribution in [2.75, 3.05) is 0 Å². The summed E-state index contributed by atoms with van der Waals surface area (Å²) < 4.78 is 42.1. The average molecular weight is 309 g/mol. The fourth-order valence-electron chi connectivity index (χ4n) is 2.70. The van der Waals surface area contributed by atoms with E-state index in [4.69, 9.17) is 0 Å². The number of aromatic nitrogens is 2. The molecule has 0 aliphatic heterocycles. The van der Waals surface area contributed by atoms with E-state index in [-0.39, 0.29) is 16.8 Å². The minimum atomic E-state index is -3.62. The van der Waals surface area contributed by atoms with Gasteiger partial charge in [-0.25, -0.2) is 17.5 Å². The van der Waals surface area contributed by atoms with Crippen molar-refractivity contribution in [3.05, 3.63) is 47.5 Å². The number of aryl methyl sites for hydroxylation is 2. The zero-order valence-electron chi connectivity index (χ0n) is 11.6. The van der Waals surface area contributed by atoms with Crippen LogP contribution in [0.1, 0.15) is 30.0 Å². The quantitative estimate of drug-likeness (QED) is 0.942. The van der Waals surface area contributed by atoms with Crippen LogP contribution in [-0.4, -0.2) is 18.2 Å². The zero-order chi connectivity index (χ0) is 15.0. The molecule has 1 aromatic carbocycles. The molecule has 2 aromatic rings. The highest BCUT2D eigenvalue weighted by Crippen LogP contribution is 2.31. The molecule has 0 amide bonds. The van der Waals surface area contributed by atoms with Crippen molar-refractivity contribution >= 4 is 10.0 Å². The number of hydrogen-bond donors (Lipinski definition) is 1. The fraction of sp³-hybridized carbons (Fsp3) is 0.357. The van der Waals surface area contributed by atoms with Crippen LogP contribution in [0.4, 0.5) is 4.39 Å². The van der Waals surface area contributed by atoms with Gasteiger partial charge in [-0.15, -0.1) is 0 Å². The molecule has 1 aliphatic carbocycles. The highest BCUT2D eigenvalue weighted by Gasteiger charge is 2.26. The minimum absolute atomic E-state index is 0.138. The Morgan fingerprint density at radius 3 is 2.95 bits per heavy atom. The van der Waals surface area contributed by atoms with Gasteiger partial charge in [-0.3, -0.25) is 4.68 Å². The second-order valence-corrected chi connectivity index (χ2v) is 6.97. The van der Waals surface area contributed by atoms with Gasteiger partial charge in [0.05, 0.1) is 6.20 Å². The number of rotatable bonds is 3. The molecule has 0 radical (unpaired) electrons. The zero-order valence-corrected chi connectivity index (χ0v) is 12.4. The molecule has 1 aliphatic rings. The Morgan fingerprint density at radius 1 is 1.43 bits per heavy atom. The van der Waals surface area contributed by atoms with E-state index in [2.05, 4.69) is 9.82 Å². The molecule has 0 spiro atoms. The number of benzene rings is 1. The number of nitrogens with one attached hydrogen (secondary N) is 1. The summed E-state index contributed by atoms with van der Waals surface area (Å²) in [6.45, 7) is 0. The predicted octanol–water partition coefficient (Wildman–Crippen LogP) is 1.92. The summed E-state index contributed by atoms with van der Waals surface area (Å²) in [4.78, 5) is 0.138. The van der Waals surface area contributed by atoms with Gasteiger partial charge >= 0.3 is 0 Å². The maximum absolute atomic E-state index is 13.3. The second-order valence-electron chi connectivity index (χ2n) is 5.26. The van der Waals surface area contributed by atoms with E-state index in [1.807, 2.05) is 0 Å². The highest BCUT2D eigenvalue weighted by atomic mass is 32.2. The van der Waals surface area contributed by atoms with E-state index in [0.717, 1.165) is 24.0 Å². The maximum Gasteiger partial charge on any atom is 0.244 e. The van der Waals surface area contributed by atoms with Gasteiger partial charge in [0.25, 0.3) is 0 Å². The van der Waals surface area contributed by atoms with E-state index >= 15 is 0 Å². The van der Waals surface area contributed by atoms with Crippen molar-refractivity contribution in [3.8, 4) is 0 Å². The third-order valence-corrected chi connectivity index (χ3v) is 5.13. The topological polar surface area (TPSA) is 64.0 Å². The molecule has 1 heterocycles. The van der Waals surface area contributed by atoms with Crippen LogP contribution in [-0.2, 0) is 23.5 Å². The molecule has 1 aromatic heterocycles. The van der Waals surface area contributed by atoms with Crippen molar-refractivity contribution in [1.82, 2.24) is 14.5 Å². The Balaban J connectivity index is 1.90. The smallest absolute Gasteiger partial charge is 0.244 e. The normalized spacial score (nSPS) is 18.5. The van der Waals surface area contributed by atoms with Crippen LogP contribution in [0.3, 0.4) is 0 Å². The highest BCUT2D eigenvalue weighted by molar-refractivity contribution is 7.89. The number of sulfonamides is 1.